The van der Waals surface area contributed by atoms with Gasteiger partial charge in [-0.25, -0.2) is 0 Å². The maximum Gasteiger partial charge on any atom is 0.0701 e. The van der Waals surface area contributed by atoms with Crippen molar-refractivity contribution in [1.29, 1.82) is 0 Å². The van der Waals surface area contributed by atoms with Crippen molar-refractivity contribution >= 4 is 6.21 Å². The van der Waals surface area contributed by atoms with Crippen molar-refractivity contribution in [3.05, 3.63) is 54.2 Å². The van der Waals surface area contributed by atoms with Gasteiger partial charge in [-0.1, -0.05) is 30.3 Å². The molecule has 0 aliphatic rings. The van der Waals surface area contributed by atoms with Crippen molar-refractivity contribution < 1.29 is 0 Å². The molecule has 0 saturated heterocycles. The fraction of sp³-hybridized carbons (Fsp3) is 0.0769. The molecule has 1 aromatic heterocycles. The summed E-state index contributed by atoms with van der Waals surface area (Å²) in [6, 6.07) is 14.1. The lowest BCUT2D eigenvalue weighted by Gasteiger charge is -2.00. The van der Waals surface area contributed by atoms with Gasteiger partial charge in [0.25, 0.3) is 0 Å². The quantitative estimate of drug-likeness (QED) is 0.678. The van der Waals surface area contributed by atoms with Gasteiger partial charge in [-0.2, -0.15) is 0 Å². The molecule has 74 valence electrons. The molecule has 0 saturated carbocycles. The number of rotatable bonds is 2. The monoisotopic (exact) mass is 196 g/mol. The lowest BCUT2D eigenvalue weighted by Crippen LogP contribution is -1.84. The SMILES string of the molecule is C/N=C/c1ccc(-c2ccccn2)cc1. The Morgan fingerprint density at radius 2 is 1.87 bits per heavy atom. The van der Waals surface area contributed by atoms with Crippen LogP contribution < -0.4 is 0 Å². The standard InChI is InChI=1S/C13H12N2/c1-14-10-11-5-7-12(8-6-11)13-4-2-3-9-15-13/h2-10H,1H3/b14-10+. The van der Waals surface area contributed by atoms with Gasteiger partial charge in [0.05, 0.1) is 5.69 Å². The van der Waals surface area contributed by atoms with Gasteiger partial charge in [-0.15, -0.1) is 0 Å². The van der Waals surface area contributed by atoms with E-state index in [0.717, 1.165) is 16.8 Å². The number of hydrogen-bond acceptors (Lipinski definition) is 2. The Balaban J connectivity index is 2.32. The predicted octanol–water partition coefficient (Wildman–Crippen LogP) is 2.80. The molecule has 0 aliphatic heterocycles. The maximum absolute atomic E-state index is 4.29. The largest absolute Gasteiger partial charge is 0.296 e. The van der Waals surface area contributed by atoms with Gasteiger partial charge in [0.15, 0.2) is 0 Å². The highest BCUT2D eigenvalue weighted by atomic mass is 14.7. The number of aliphatic imine (C=N–C) groups is 1. The molecule has 0 radical (unpaired) electrons. The van der Waals surface area contributed by atoms with E-state index in [9.17, 15) is 0 Å². The van der Waals surface area contributed by atoms with Crippen LogP contribution in [0, 0.1) is 0 Å². The van der Waals surface area contributed by atoms with Crippen molar-refractivity contribution in [3.63, 3.8) is 0 Å². The molecule has 0 amide bonds. The van der Waals surface area contributed by atoms with E-state index in [4.69, 9.17) is 0 Å². The van der Waals surface area contributed by atoms with E-state index < -0.39 is 0 Å². The second-order valence-electron chi connectivity index (χ2n) is 3.22. The van der Waals surface area contributed by atoms with Crippen LogP contribution >= 0.6 is 0 Å². The van der Waals surface area contributed by atoms with E-state index in [1.807, 2.05) is 36.5 Å². The summed E-state index contributed by atoms with van der Waals surface area (Å²) in [4.78, 5) is 8.26. The first kappa shape index (κ1) is 9.59. The summed E-state index contributed by atoms with van der Waals surface area (Å²) in [5.41, 5.74) is 3.23. The molecule has 2 heteroatoms. The highest BCUT2D eigenvalue weighted by Crippen LogP contribution is 2.15. The van der Waals surface area contributed by atoms with Crippen LogP contribution in [-0.2, 0) is 0 Å². The van der Waals surface area contributed by atoms with Crippen LogP contribution in [0.25, 0.3) is 11.3 Å². The summed E-state index contributed by atoms with van der Waals surface area (Å²) in [6.45, 7) is 0. The molecule has 0 spiro atoms. The minimum atomic E-state index is 0.998. The Morgan fingerprint density at radius 3 is 2.47 bits per heavy atom. The third-order valence-corrected chi connectivity index (χ3v) is 2.15. The zero-order valence-electron chi connectivity index (χ0n) is 8.59. The Bertz CT molecular complexity index is 444. The second kappa shape index (κ2) is 4.51. The van der Waals surface area contributed by atoms with Crippen molar-refractivity contribution in [2.24, 2.45) is 4.99 Å². The Kier molecular flexibility index (Phi) is 2.88. The smallest absolute Gasteiger partial charge is 0.0701 e. The summed E-state index contributed by atoms with van der Waals surface area (Å²) >= 11 is 0. The van der Waals surface area contributed by atoms with Gasteiger partial charge < -0.3 is 0 Å². The van der Waals surface area contributed by atoms with Crippen molar-refractivity contribution in [3.8, 4) is 11.3 Å². The molecule has 1 aromatic carbocycles. The van der Waals surface area contributed by atoms with E-state index in [2.05, 4.69) is 22.1 Å². The third-order valence-electron chi connectivity index (χ3n) is 2.15. The van der Waals surface area contributed by atoms with Crippen molar-refractivity contribution in [2.45, 2.75) is 0 Å². The number of nitrogens with zero attached hydrogens (tertiary/aromatic N) is 2. The highest BCUT2D eigenvalue weighted by molar-refractivity contribution is 5.80. The zero-order valence-corrected chi connectivity index (χ0v) is 8.59. The molecule has 0 fully saturated rings. The first-order chi connectivity index (χ1) is 7.40. The normalized spacial score (nSPS) is 10.7. The van der Waals surface area contributed by atoms with Gasteiger partial charge in [0.1, 0.15) is 0 Å². The van der Waals surface area contributed by atoms with Crippen LogP contribution in [0.1, 0.15) is 5.56 Å². The van der Waals surface area contributed by atoms with E-state index in [0.29, 0.717) is 0 Å². The molecule has 0 unspecified atom stereocenters. The topological polar surface area (TPSA) is 25.2 Å². The van der Waals surface area contributed by atoms with E-state index in [-0.39, 0.29) is 0 Å². The molecule has 2 aromatic rings. The van der Waals surface area contributed by atoms with E-state index in [1.54, 1.807) is 13.2 Å². The van der Waals surface area contributed by atoms with Crippen molar-refractivity contribution in [2.75, 3.05) is 7.05 Å². The summed E-state index contributed by atoms with van der Waals surface area (Å²) in [5, 5.41) is 0. The molecule has 1 heterocycles. The number of pyridine rings is 1. The predicted molar refractivity (Wildman–Crippen MR) is 63.2 cm³/mol. The first-order valence-corrected chi connectivity index (χ1v) is 4.84. The molecule has 0 bridgehead atoms. The number of benzene rings is 1. The van der Waals surface area contributed by atoms with Gasteiger partial charge >= 0.3 is 0 Å². The molecule has 2 rings (SSSR count). The molecule has 0 N–H and O–H groups in total. The maximum atomic E-state index is 4.29. The first-order valence-electron chi connectivity index (χ1n) is 4.84. The lowest BCUT2D eigenvalue weighted by atomic mass is 10.1. The number of hydrogen-bond donors (Lipinski definition) is 0. The van der Waals surface area contributed by atoms with Gasteiger partial charge in [-0.05, 0) is 17.7 Å². The van der Waals surface area contributed by atoms with Crippen LogP contribution in [0.4, 0.5) is 0 Å². The van der Waals surface area contributed by atoms with Gasteiger partial charge in [0, 0.05) is 25.0 Å². The molecule has 0 atom stereocenters. The number of aromatic nitrogens is 1. The third kappa shape index (κ3) is 2.29. The van der Waals surface area contributed by atoms with Crippen LogP contribution in [0.15, 0.2) is 53.7 Å². The van der Waals surface area contributed by atoms with E-state index in [1.165, 1.54) is 0 Å². The molecular formula is C13H12N2. The average Bonchev–Trinajstić information content (AvgIpc) is 2.32. The summed E-state index contributed by atoms with van der Waals surface area (Å²) < 4.78 is 0. The average molecular weight is 196 g/mol. The fourth-order valence-corrected chi connectivity index (χ4v) is 1.42. The minimum Gasteiger partial charge on any atom is -0.296 e. The zero-order chi connectivity index (χ0) is 10.5. The molecule has 2 nitrogen and oxygen atoms in total. The van der Waals surface area contributed by atoms with E-state index >= 15 is 0 Å². The van der Waals surface area contributed by atoms with Crippen molar-refractivity contribution in [1.82, 2.24) is 4.98 Å². The van der Waals surface area contributed by atoms with Gasteiger partial charge in [-0.3, -0.25) is 9.98 Å². The molecular weight excluding hydrogens is 184 g/mol. The Morgan fingerprint density at radius 1 is 1.07 bits per heavy atom. The van der Waals surface area contributed by atoms with Gasteiger partial charge in [0.2, 0.25) is 0 Å². The summed E-state index contributed by atoms with van der Waals surface area (Å²) in [7, 11) is 1.77. The highest BCUT2D eigenvalue weighted by Gasteiger charge is 1.96. The Labute approximate surface area is 89.3 Å². The fourth-order valence-electron chi connectivity index (χ4n) is 1.42. The lowest BCUT2D eigenvalue weighted by molar-refractivity contribution is 1.33. The molecule has 0 aliphatic carbocycles. The van der Waals surface area contributed by atoms with Crippen LogP contribution in [0.2, 0.25) is 0 Å². The minimum absolute atomic E-state index is 0.998. The van der Waals surface area contributed by atoms with Crippen LogP contribution in [0.3, 0.4) is 0 Å². The Hall–Kier alpha value is -1.96. The summed E-state index contributed by atoms with van der Waals surface area (Å²) in [5.74, 6) is 0. The second-order valence-corrected chi connectivity index (χ2v) is 3.22. The van der Waals surface area contributed by atoms with Crippen LogP contribution in [-0.4, -0.2) is 18.2 Å². The van der Waals surface area contributed by atoms with Crippen LogP contribution in [0.5, 0.6) is 0 Å². The molecule has 15 heavy (non-hydrogen) atoms. The summed E-state index contributed by atoms with van der Waals surface area (Å²) in [6.07, 6.45) is 3.64.